The van der Waals surface area contributed by atoms with Crippen LogP contribution in [0.3, 0.4) is 0 Å². The number of aliphatic carboxylic acids is 1. The summed E-state index contributed by atoms with van der Waals surface area (Å²) in [5.74, 6) is -0.672. The molecule has 4 N–H and O–H groups in total. The van der Waals surface area contributed by atoms with Gasteiger partial charge in [0.15, 0.2) is 0 Å². The molecule has 0 aliphatic carbocycles. The third-order valence-electron chi connectivity index (χ3n) is 8.64. The molecule has 1 aromatic rings. The Balaban J connectivity index is 0.000000458. The normalized spacial score (nSPS) is 25.7. The first-order valence-electron chi connectivity index (χ1n) is 16.5. The first kappa shape index (κ1) is 42.8. The topological polar surface area (TPSA) is 170 Å². The number of nitrogens with one attached hydrogen (secondary N) is 2. The lowest BCUT2D eigenvalue weighted by Crippen LogP contribution is -2.56. The molecule has 3 heterocycles. The number of benzene rings is 1. The molecule has 2 unspecified atom stereocenters. The lowest BCUT2D eigenvalue weighted by molar-refractivity contribution is -0.148. The van der Waals surface area contributed by atoms with Crippen molar-refractivity contribution in [3.05, 3.63) is 46.5 Å². The van der Waals surface area contributed by atoms with Crippen LogP contribution in [0.25, 0.3) is 0 Å². The molecular weight excluding hydrogens is 691 g/mol. The first-order valence-corrected chi connectivity index (χ1v) is 17.6. The molecule has 3 aliphatic rings. The number of hydrogen-bond acceptors (Lipinski definition) is 9. The average molecular weight is 744 g/mol. The van der Waals surface area contributed by atoms with E-state index in [0.717, 1.165) is 24.1 Å². The van der Waals surface area contributed by atoms with Gasteiger partial charge in [0.2, 0.25) is 11.8 Å². The smallest absolute Gasteiger partial charge is 0.409 e. The second kappa shape index (κ2) is 20.5. The molecule has 0 spiro atoms. The number of aliphatic hydroxyl groups is 1. The van der Waals surface area contributed by atoms with E-state index >= 15 is 0 Å². The maximum absolute atomic E-state index is 12.9. The number of carbonyl (C=O) groups excluding carboxylic acids is 3. The van der Waals surface area contributed by atoms with Crippen LogP contribution in [0.5, 0.6) is 5.75 Å². The molecular formula is C35H52Cl2N4O9. The zero-order valence-corrected chi connectivity index (χ0v) is 31.5. The summed E-state index contributed by atoms with van der Waals surface area (Å²) < 4.78 is 16.5. The van der Waals surface area contributed by atoms with E-state index in [0.29, 0.717) is 48.6 Å². The number of fused-ring (bicyclic) bond motifs is 5. The number of likely N-dealkylation sites (N-methyl/N-ethyl adjacent to an activating group) is 1. The Kier molecular flexibility index (Phi) is 17.5. The van der Waals surface area contributed by atoms with E-state index < -0.39 is 29.9 Å². The molecule has 1 aromatic carbocycles. The van der Waals surface area contributed by atoms with Crippen molar-refractivity contribution in [3.63, 3.8) is 0 Å². The van der Waals surface area contributed by atoms with E-state index in [2.05, 4.69) is 22.2 Å². The van der Waals surface area contributed by atoms with Gasteiger partial charge in [0.1, 0.15) is 28.6 Å². The summed E-state index contributed by atoms with van der Waals surface area (Å²) >= 11 is 11.2. The van der Waals surface area contributed by atoms with Crippen molar-refractivity contribution >= 4 is 52.8 Å². The Hall–Kier alpha value is -3.36. The number of hydrogen-bond donors (Lipinski definition) is 4. The Morgan fingerprint density at radius 1 is 1.26 bits per heavy atom. The van der Waals surface area contributed by atoms with E-state index in [1.165, 1.54) is 25.3 Å². The van der Waals surface area contributed by atoms with Crippen molar-refractivity contribution in [3.8, 4) is 5.75 Å². The number of anilines is 1. The molecule has 13 nitrogen and oxygen atoms in total. The summed E-state index contributed by atoms with van der Waals surface area (Å²) in [5, 5.41) is 25.4. The third-order valence-corrected chi connectivity index (χ3v) is 9.02. The quantitative estimate of drug-likeness (QED) is 0.175. The summed E-state index contributed by atoms with van der Waals surface area (Å²) in [4.78, 5) is 49.8. The minimum Gasteiger partial charge on any atom is -0.495 e. The number of halogens is 2. The maximum Gasteiger partial charge on any atom is 0.409 e. The van der Waals surface area contributed by atoms with Gasteiger partial charge in [0.05, 0.1) is 25.0 Å². The minimum atomic E-state index is -1.37. The van der Waals surface area contributed by atoms with Crippen molar-refractivity contribution in [2.75, 3.05) is 46.1 Å². The Morgan fingerprint density at radius 3 is 2.60 bits per heavy atom. The zero-order valence-electron chi connectivity index (χ0n) is 30.0. The number of carboxylic acid groups (broad SMARTS) is 1. The number of alkyl carbamates (subject to hydrolysis) is 1. The Morgan fingerprint density at radius 2 is 1.96 bits per heavy atom. The number of methoxy groups -OCH3 is 1. The van der Waals surface area contributed by atoms with Gasteiger partial charge in [0, 0.05) is 52.6 Å². The number of carbonyl (C=O) groups is 4. The molecule has 3 amide bonds. The summed E-state index contributed by atoms with van der Waals surface area (Å²) in [6, 6.07) is 3.03. The summed E-state index contributed by atoms with van der Waals surface area (Å²) in [5.41, 5.74) is 1.25. The van der Waals surface area contributed by atoms with Crippen molar-refractivity contribution in [1.82, 2.24) is 15.5 Å². The van der Waals surface area contributed by atoms with Gasteiger partial charge in [-0.15, -0.1) is 11.6 Å². The molecule has 0 saturated carbocycles. The first-order chi connectivity index (χ1) is 23.7. The summed E-state index contributed by atoms with van der Waals surface area (Å²) in [6.07, 6.45) is 9.44. The number of rotatable bonds is 7. The molecule has 4 bridgehead atoms. The lowest BCUT2D eigenvalue weighted by Gasteiger charge is -2.36. The van der Waals surface area contributed by atoms with E-state index in [4.69, 9.17) is 30.9 Å². The predicted molar refractivity (Wildman–Crippen MR) is 193 cm³/mol. The van der Waals surface area contributed by atoms with Gasteiger partial charge in [0.25, 0.3) is 0 Å². The number of epoxide rings is 1. The lowest BCUT2D eigenvalue weighted by atomic mass is 9.96. The summed E-state index contributed by atoms with van der Waals surface area (Å²) in [6.45, 7) is 4.26. The Labute approximate surface area is 304 Å². The van der Waals surface area contributed by atoms with Crippen LogP contribution in [0.2, 0.25) is 5.02 Å². The van der Waals surface area contributed by atoms with Crippen LogP contribution in [0.4, 0.5) is 10.5 Å². The molecule has 15 heteroatoms. The molecule has 4 rings (SSSR count). The maximum atomic E-state index is 12.9. The fraction of sp³-hybridized carbons (Fsp3) is 0.600. The standard InChI is InChI=1S/C25H31ClN2O6.C9H18N2O3.CH3Cl/c1-15-6-4-5-9-25(31)14-17(33-24(30)27-25)13-20-19(34-20)7-8-22(29)28(2)18-11-16(10-15)12-21(32-3)23(18)26;1-7(9(13)14)11(3)8(12)5-4-6-10-2;1-2/h4-6,11-12,17,19-20,31H,7-10,13-14H2,1-3H3,(H,27,30);7,10H,4-6H2,1-3H3,(H,13,14);1H3/b5-4+,15-6+;;/t17?,19?,20-,25+;7-;/m00./s1. The monoisotopic (exact) mass is 742 g/mol. The SMILES string of the molecule is CCl.CNCCCC(=O)N(C)[C@@H](C)C(=O)O.COc1cc2cc(c1Cl)N(C)C(=O)CCC1O[C@H]1CC1C[C@](O)(C/C=C/C=C(\C)C2)NC(=O)O1. The number of nitrogens with zero attached hydrogens (tertiary/aromatic N) is 2. The Bertz CT molecular complexity index is 1390. The predicted octanol–water partition coefficient (Wildman–Crippen LogP) is 4.66. The van der Waals surface area contributed by atoms with E-state index in [9.17, 15) is 24.3 Å². The minimum absolute atomic E-state index is 0.0777. The fourth-order valence-corrected chi connectivity index (χ4v) is 5.87. The van der Waals surface area contributed by atoms with Gasteiger partial charge >= 0.3 is 12.1 Å². The van der Waals surface area contributed by atoms with Crippen molar-refractivity contribution in [2.24, 2.45) is 0 Å². The van der Waals surface area contributed by atoms with Crippen molar-refractivity contribution in [1.29, 1.82) is 0 Å². The van der Waals surface area contributed by atoms with Crippen LogP contribution in [0.1, 0.15) is 64.4 Å². The highest BCUT2D eigenvalue weighted by molar-refractivity contribution is 6.35. The molecule has 0 aromatic heterocycles. The highest BCUT2D eigenvalue weighted by Gasteiger charge is 2.45. The second-order valence-corrected chi connectivity index (χ2v) is 12.9. The van der Waals surface area contributed by atoms with Gasteiger partial charge in [-0.3, -0.25) is 14.9 Å². The van der Waals surface area contributed by atoms with Crippen LogP contribution >= 0.6 is 23.2 Å². The van der Waals surface area contributed by atoms with Crippen LogP contribution < -0.4 is 20.3 Å². The van der Waals surface area contributed by atoms with Crippen LogP contribution in [-0.4, -0.2) is 110 Å². The van der Waals surface area contributed by atoms with Gasteiger partial charge in [-0.1, -0.05) is 35.4 Å². The number of allylic oxidation sites excluding steroid dienone is 3. The van der Waals surface area contributed by atoms with Crippen molar-refractivity contribution < 1.29 is 43.6 Å². The van der Waals surface area contributed by atoms with Gasteiger partial charge in [-0.2, -0.15) is 0 Å². The molecule has 3 aliphatic heterocycles. The van der Waals surface area contributed by atoms with Gasteiger partial charge in [-0.05, 0) is 64.4 Å². The van der Waals surface area contributed by atoms with E-state index in [1.807, 2.05) is 44.3 Å². The molecule has 50 heavy (non-hydrogen) atoms. The number of carboxylic acids is 1. The largest absolute Gasteiger partial charge is 0.495 e. The van der Waals surface area contributed by atoms with Gasteiger partial charge in [-0.25, -0.2) is 9.59 Å². The third kappa shape index (κ3) is 13.1. The molecule has 2 saturated heterocycles. The molecule has 2 fully saturated rings. The van der Waals surface area contributed by atoms with Crippen LogP contribution in [-0.2, 0) is 30.3 Å². The molecule has 0 radical (unpaired) electrons. The van der Waals surface area contributed by atoms with E-state index in [-0.39, 0.29) is 36.9 Å². The highest BCUT2D eigenvalue weighted by atomic mass is 35.5. The summed E-state index contributed by atoms with van der Waals surface area (Å²) in [7, 11) is 6.59. The molecule has 5 atom stereocenters. The number of ether oxygens (including phenoxy) is 3. The van der Waals surface area contributed by atoms with Crippen LogP contribution in [0, 0.1) is 0 Å². The highest BCUT2D eigenvalue weighted by Crippen LogP contribution is 2.38. The number of alkyl halides is 1. The fourth-order valence-electron chi connectivity index (χ4n) is 5.56. The molecule has 280 valence electrons. The van der Waals surface area contributed by atoms with Crippen molar-refractivity contribution in [2.45, 2.75) is 95.3 Å². The zero-order chi connectivity index (χ0) is 37.6. The van der Waals surface area contributed by atoms with E-state index in [1.54, 1.807) is 19.1 Å². The second-order valence-electron chi connectivity index (χ2n) is 12.5. The number of amides is 3. The van der Waals surface area contributed by atoms with Gasteiger partial charge < -0.3 is 39.5 Å². The average Bonchev–Trinajstić information content (AvgIpc) is 3.82. The van der Waals surface area contributed by atoms with Crippen LogP contribution in [0.15, 0.2) is 35.9 Å².